The van der Waals surface area contributed by atoms with Gasteiger partial charge in [-0.3, -0.25) is 4.72 Å². The minimum atomic E-state index is -4.06. The number of nitrogens with one attached hydrogen (secondary N) is 1. The van der Waals surface area contributed by atoms with Crippen molar-refractivity contribution < 1.29 is 32.6 Å². The van der Waals surface area contributed by atoms with Crippen LogP contribution >= 0.6 is 22.9 Å². The Balaban J connectivity index is 1.89. The molecule has 0 saturated carbocycles. The molecule has 0 bridgehead atoms. The first-order valence-electron chi connectivity index (χ1n) is 9.56. The van der Waals surface area contributed by atoms with Crippen LogP contribution < -0.4 is 4.72 Å². The van der Waals surface area contributed by atoms with Crippen LogP contribution in [0.1, 0.15) is 34.6 Å². The van der Waals surface area contributed by atoms with E-state index in [1.165, 1.54) is 25.3 Å². The molecule has 0 spiro atoms. The number of anilines is 1. The van der Waals surface area contributed by atoms with E-state index in [-0.39, 0.29) is 25.9 Å². The molecule has 0 unspecified atom stereocenters. The van der Waals surface area contributed by atoms with Gasteiger partial charge in [-0.05, 0) is 49.7 Å². The summed E-state index contributed by atoms with van der Waals surface area (Å²) < 4.78 is 38.0. The van der Waals surface area contributed by atoms with Crippen LogP contribution in [0, 0.1) is 0 Å². The van der Waals surface area contributed by atoms with E-state index in [1.54, 1.807) is 38.1 Å². The van der Waals surface area contributed by atoms with Crippen LogP contribution in [0.4, 0.5) is 5.69 Å². The maximum atomic E-state index is 12.9. The van der Waals surface area contributed by atoms with E-state index < -0.39 is 27.7 Å². The van der Waals surface area contributed by atoms with Crippen LogP contribution in [-0.2, 0) is 19.5 Å². The molecule has 11 heteroatoms. The zero-order valence-corrected chi connectivity index (χ0v) is 20.2. The molecule has 0 saturated heterocycles. The largest absolute Gasteiger partial charge is 0.507 e. The van der Waals surface area contributed by atoms with E-state index in [1.807, 2.05) is 0 Å². The minimum absolute atomic E-state index is 0.0460. The monoisotopic (exact) mass is 509 g/mol. The topological polar surface area (TPSA) is 119 Å². The van der Waals surface area contributed by atoms with Crippen LogP contribution in [0.25, 0.3) is 11.1 Å². The highest BCUT2D eigenvalue weighted by Crippen LogP contribution is 2.39. The maximum absolute atomic E-state index is 12.9. The Bertz CT molecular complexity index is 1320. The molecule has 2 aromatic carbocycles. The molecule has 3 aromatic rings. The van der Waals surface area contributed by atoms with Gasteiger partial charge in [0.25, 0.3) is 10.0 Å². The first-order valence-corrected chi connectivity index (χ1v) is 12.2. The molecule has 0 radical (unpaired) electrons. The van der Waals surface area contributed by atoms with Crippen LogP contribution in [-0.4, -0.2) is 38.7 Å². The predicted octanol–water partition coefficient (Wildman–Crippen LogP) is 4.93. The molecule has 3 rings (SSSR count). The van der Waals surface area contributed by atoms with E-state index in [0.29, 0.717) is 16.7 Å². The van der Waals surface area contributed by atoms with E-state index >= 15 is 0 Å². The number of halogens is 1. The normalized spacial score (nSPS) is 11.3. The fourth-order valence-electron chi connectivity index (χ4n) is 2.86. The highest BCUT2D eigenvalue weighted by atomic mass is 35.5. The number of esters is 2. The molecule has 33 heavy (non-hydrogen) atoms. The van der Waals surface area contributed by atoms with Gasteiger partial charge in [0.1, 0.15) is 19.9 Å². The number of benzene rings is 2. The quantitative estimate of drug-likeness (QED) is 0.433. The Labute approximate surface area is 199 Å². The summed E-state index contributed by atoms with van der Waals surface area (Å²) in [6.07, 6.45) is -0.283. The molecule has 8 nitrogen and oxygen atoms in total. The van der Waals surface area contributed by atoms with Crippen molar-refractivity contribution in [1.29, 1.82) is 0 Å². The number of aromatic hydroxyl groups is 1. The van der Waals surface area contributed by atoms with Crippen LogP contribution in [0.2, 0.25) is 4.34 Å². The second kappa shape index (κ2) is 9.82. The van der Waals surface area contributed by atoms with Crippen molar-refractivity contribution in [2.45, 2.75) is 24.2 Å². The number of phenols is 1. The molecule has 0 atom stereocenters. The van der Waals surface area contributed by atoms with Crippen molar-refractivity contribution >= 4 is 50.6 Å². The lowest BCUT2D eigenvalue weighted by atomic mass is 10.1. The lowest BCUT2D eigenvalue weighted by Gasteiger charge is -2.09. The van der Waals surface area contributed by atoms with Gasteiger partial charge < -0.3 is 14.6 Å². The number of rotatable bonds is 7. The van der Waals surface area contributed by atoms with Gasteiger partial charge in [0, 0.05) is 11.6 Å². The van der Waals surface area contributed by atoms with Crippen molar-refractivity contribution in [2.24, 2.45) is 0 Å². The molecule has 0 amide bonds. The standard InChI is InChI=1S/C22H20ClNO7S2/c1-12(2)31-21(26)14-6-4-5-13(9-14)17-11-19(32-20(17)23)33(28,29)24-15-7-8-16(18(25)10-15)22(27)30-3/h4-12,24-25H,1-3H3. The van der Waals surface area contributed by atoms with E-state index in [9.17, 15) is 23.1 Å². The van der Waals surface area contributed by atoms with Crippen molar-refractivity contribution in [2.75, 3.05) is 11.8 Å². The van der Waals surface area contributed by atoms with E-state index in [2.05, 4.69) is 9.46 Å². The summed E-state index contributed by atoms with van der Waals surface area (Å²) in [5.74, 6) is -1.68. The summed E-state index contributed by atoms with van der Waals surface area (Å²) >= 11 is 7.16. The number of hydrogen-bond donors (Lipinski definition) is 2. The van der Waals surface area contributed by atoms with Crippen molar-refractivity contribution in [3.05, 3.63) is 64.0 Å². The molecule has 1 aromatic heterocycles. The number of sulfonamides is 1. The number of phenolic OH excluding ortho intramolecular Hbond substituents is 1. The van der Waals surface area contributed by atoms with Gasteiger partial charge in [-0.15, -0.1) is 11.3 Å². The highest BCUT2D eigenvalue weighted by Gasteiger charge is 2.22. The Kier molecular flexibility index (Phi) is 7.31. The zero-order chi connectivity index (χ0) is 24.3. The van der Waals surface area contributed by atoms with E-state index in [4.69, 9.17) is 16.3 Å². The third kappa shape index (κ3) is 5.65. The van der Waals surface area contributed by atoms with Gasteiger partial charge >= 0.3 is 11.9 Å². The summed E-state index contributed by atoms with van der Waals surface area (Å²) in [7, 11) is -2.89. The van der Waals surface area contributed by atoms with Crippen LogP contribution in [0.3, 0.4) is 0 Å². The van der Waals surface area contributed by atoms with Gasteiger partial charge in [-0.25, -0.2) is 18.0 Å². The Morgan fingerprint density at radius 1 is 1.09 bits per heavy atom. The molecule has 0 aliphatic heterocycles. The van der Waals surface area contributed by atoms with Gasteiger partial charge in [0.15, 0.2) is 0 Å². The van der Waals surface area contributed by atoms with Crippen molar-refractivity contribution in [3.8, 4) is 16.9 Å². The molecule has 0 fully saturated rings. The molecule has 0 aliphatic rings. The van der Waals surface area contributed by atoms with Crippen molar-refractivity contribution in [3.63, 3.8) is 0 Å². The second-order valence-corrected chi connectivity index (χ2v) is 10.7. The van der Waals surface area contributed by atoms with Crippen LogP contribution in [0.5, 0.6) is 5.75 Å². The Hall–Kier alpha value is -3.08. The lowest BCUT2D eigenvalue weighted by Crippen LogP contribution is -2.12. The number of carbonyl (C=O) groups is 2. The van der Waals surface area contributed by atoms with Crippen molar-refractivity contribution in [1.82, 2.24) is 0 Å². The number of carbonyl (C=O) groups excluding carboxylic acids is 2. The van der Waals surface area contributed by atoms with Crippen LogP contribution in [0.15, 0.2) is 52.7 Å². The zero-order valence-electron chi connectivity index (χ0n) is 17.8. The van der Waals surface area contributed by atoms with Gasteiger partial charge in [0.2, 0.25) is 0 Å². The summed E-state index contributed by atoms with van der Waals surface area (Å²) in [4.78, 5) is 23.8. The highest BCUT2D eigenvalue weighted by molar-refractivity contribution is 7.94. The fraction of sp³-hybridized carbons (Fsp3) is 0.182. The average Bonchev–Trinajstić information content (AvgIpc) is 3.15. The summed E-state index contributed by atoms with van der Waals surface area (Å²) in [6.45, 7) is 3.48. The average molecular weight is 510 g/mol. The second-order valence-electron chi connectivity index (χ2n) is 7.12. The molecular weight excluding hydrogens is 490 g/mol. The van der Waals surface area contributed by atoms with Gasteiger partial charge in [-0.2, -0.15) is 0 Å². The summed E-state index contributed by atoms with van der Waals surface area (Å²) in [5, 5.41) is 9.99. The molecule has 174 valence electrons. The first-order chi connectivity index (χ1) is 15.5. The van der Waals surface area contributed by atoms with Gasteiger partial charge in [-0.1, -0.05) is 23.7 Å². The number of thiophene rings is 1. The van der Waals surface area contributed by atoms with Gasteiger partial charge in [0.05, 0.1) is 24.5 Å². The number of methoxy groups -OCH3 is 1. The molecule has 1 heterocycles. The smallest absolute Gasteiger partial charge is 0.341 e. The Morgan fingerprint density at radius 3 is 2.45 bits per heavy atom. The number of hydrogen-bond acceptors (Lipinski definition) is 8. The predicted molar refractivity (Wildman–Crippen MR) is 126 cm³/mol. The third-order valence-corrected chi connectivity index (χ3v) is 7.55. The third-order valence-electron chi connectivity index (χ3n) is 4.34. The van der Waals surface area contributed by atoms with E-state index in [0.717, 1.165) is 17.4 Å². The molecule has 2 N–H and O–H groups in total. The lowest BCUT2D eigenvalue weighted by molar-refractivity contribution is 0.0377. The molecular formula is C22H20ClNO7S2. The minimum Gasteiger partial charge on any atom is -0.507 e. The summed E-state index contributed by atoms with van der Waals surface area (Å²) in [5.41, 5.74) is 1.25. The number of ether oxygens (including phenoxy) is 2. The Morgan fingerprint density at radius 2 is 1.82 bits per heavy atom. The summed E-state index contributed by atoms with van der Waals surface area (Å²) in [6, 6.07) is 11.6. The first kappa shape index (κ1) is 24.6. The maximum Gasteiger partial charge on any atom is 0.341 e. The SMILES string of the molecule is COC(=O)c1ccc(NS(=O)(=O)c2cc(-c3cccc(C(=O)OC(C)C)c3)c(Cl)s2)cc1O. The fourth-order valence-corrected chi connectivity index (χ4v) is 5.67. The molecule has 0 aliphatic carbocycles.